The minimum atomic E-state index is 0.608. The molecule has 2 rings (SSSR count). The zero-order valence-corrected chi connectivity index (χ0v) is 6.89. The quantitative estimate of drug-likeness (QED) is 0.509. The fourth-order valence-electron chi connectivity index (χ4n) is 2.14. The molecule has 1 nitrogen and oxygen atoms in total. The van der Waals surface area contributed by atoms with Crippen molar-refractivity contribution in [3.05, 3.63) is 0 Å². The predicted octanol–water partition coefficient (Wildman–Crippen LogP) is 2.21. The fraction of sp³-hybridized carbons (Fsp3) is 1.00. The molecule has 1 aliphatic heterocycles. The van der Waals surface area contributed by atoms with Crippen LogP contribution in [0.4, 0.5) is 0 Å². The van der Waals surface area contributed by atoms with Crippen molar-refractivity contribution in [3.63, 3.8) is 0 Å². The summed E-state index contributed by atoms with van der Waals surface area (Å²) in [6.07, 6.45) is 4.84. The fourth-order valence-corrected chi connectivity index (χ4v) is 2.14. The highest BCUT2D eigenvalue weighted by Gasteiger charge is 2.40. The number of hydrogen-bond acceptors (Lipinski definition) is 1. The van der Waals surface area contributed by atoms with E-state index in [1.165, 1.54) is 19.3 Å². The molecule has 2 aliphatic rings. The van der Waals surface area contributed by atoms with Gasteiger partial charge in [0.1, 0.15) is 0 Å². The van der Waals surface area contributed by atoms with Crippen molar-refractivity contribution in [2.45, 2.75) is 39.2 Å². The Labute approximate surface area is 62.8 Å². The first kappa shape index (κ1) is 6.66. The van der Waals surface area contributed by atoms with Crippen LogP contribution in [0, 0.1) is 11.3 Å². The first-order valence-corrected chi connectivity index (χ1v) is 4.29. The molecule has 0 radical (unpaired) electrons. The molecule has 0 N–H and O–H groups in total. The standard InChI is InChI=1S/C9H16O/c1-9(2)4-3-7(5-9)8-6-10-8/h7-8H,3-6H2,1-2H3/t7?,8-/m1/s1. The second-order valence-electron chi connectivity index (χ2n) is 4.54. The largest absolute Gasteiger partial charge is 0.373 e. The molecule has 1 saturated carbocycles. The van der Waals surface area contributed by atoms with E-state index in [9.17, 15) is 0 Å². The maximum atomic E-state index is 5.29. The molecule has 0 amide bonds. The Balaban J connectivity index is 1.92. The topological polar surface area (TPSA) is 12.5 Å². The first-order chi connectivity index (χ1) is 4.67. The van der Waals surface area contributed by atoms with E-state index in [-0.39, 0.29) is 0 Å². The van der Waals surface area contributed by atoms with E-state index in [0.717, 1.165) is 12.5 Å². The molecular formula is C9H16O. The Kier molecular flexibility index (Phi) is 1.31. The molecule has 0 aromatic rings. The van der Waals surface area contributed by atoms with Crippen LogP contribution in [-0.2, 0) is 4.74 Å². The summed E-state index contributed by atoms with van der Waals surface area (Å²) in [5.74, 6) is 0.898. The average molecular weight is 140 g/mol. The average Bonchev–Trinajstić information content (AvgIpc) is 2.59. The summed E-state index contributed by atoms with van der Waals surface area (Å²) >= 11 is 0. The van der Waals surface area contributed by atoms with Gasteiger partial charge in [0.2, 0.25) is 0 Å². The summed E-state index contributed by atoms with van der Waals surface area (Å²) in [5, 5.41) is 0. The predicted molar refractivity (Wildman–Crippen MR) is 40.9 cm³/mol. The van der Waals surface area contributed by atoms with Gasteiger partial charge in [-0.1, -0.05) is 13.8 Å². The second-order valence-corrected chi connectivity index (χ2v) is 4.54. The molecule has 58 valence electrons. The third-order valence-electron chi connectivity index (χ3n) is 2.89. The molecule has 0 aromatic carbocycles. The summed E-state index contributed by atoms with van der Waals surface area (Å²) in [5.41, 5.74) is 0.608. The molecule has 1 heterocycles. The lowest BCUT2D eigenvalue weighted by atomic mass is 9.90. The minimum absolute atomic E-state index is 0.608. The number of ether oxygens (including phenoxy) is 1. The zero-order valence-electron chi connectivity index (χ0n) is 6.89. The van der Waals surface area contributed by atoms with Crippen LogP contribution < -0.4 is 0 Å². The van der Waals surface area contributed by atoms with Crippen LogP contribution in [-0.4, -0.2) is 12.7 Å². The van der Waals surface area contributed by atoms with E-state index in [1.54, 1.807) is 0 Å². The molecule has 2 atom stereocenters. The highest BCUT2D eigenvalue weighted by Crippen LogP contribution is 2.45. The van der Waals surface area contributed by atoms with Gasteiger partial charge in [0.15, 0.2) is 0 Å². The van der Waals surface area contributed by atoms with Gasteiger partial charge in [0.05, 0.1) is 12.7 Å². The molecule has 10 heavy (non-hydrogen) atoms. The van der Waals surface area contributed by atoms with Crippen molar-refractivity contribution in [3.8, 4) is 0 Å². The van der Waals surface area contributed by atoms with Crippen LogP contribution in [0.25, 0.3) is 0 Å². The van der Waals surface area contributed by atoms with E-state index in [2.05, 4.69) is 13.8 Å². The van der Waals surface area contributed by atoms with Crippen molar-refractivity contribution in [2.24, 2.45) is 11.3 Å². The van der Waals surface area contributed by atoms with Crippen molar-refractivity contribution < 1.29 is 4.74 Å². The van der Waals surface area contributed by atoms with Crippen LogP contribution in [0.1, 0.15) is 33.1 Å². The Morgan fingerprint density at radius 3 is 2.50 bits per heavy atom. The molecule has 0 spiro atoms. The van der Waals surface area contributed by atoms with Crippen LogP contribution in [0.3, 0.4) is 0 Å². The summed E-state index contributed by atoms with van der Waals surface area (Å²) in [7, 11) is 0. The van der Waals surface area contributed by atoms with Crippen molar-refractivity contribution in [1.29, 1.82) is 0 Å². The van der Waals surface area contributed by atoms with E-state index in [4.69, 9.17) is 4.74 Å². The monoisotopic (exact) mass is 140 g/mol. The van der Waals surface area contributed by atoms with Crippen LogP contribution in [0.2, 0.25) is 0 Å². The van der Waals surface area contributed by atoms with Gasteiger partial charge >= 0.3 is 0 Å². The van der Waals surface area contributed by atoms with Gasteiger partial charge in [-0.25, -0.2) is 0 Å². The smallest absolute Gasteiger partial charge is 0.0838 e. The molecule has 2 fully saturated rings. The lowest BCUT2D eigenvalue weighted by molar-refractivity contribution is 0.301. The third-order valence-corrected chi connectivity index (χ3v) is 2.89. The highest BCUT2D eigenvalue weighted by molar-refractivity contribution is 4.90. The summed E-state index contributed by atoms with van der Waals surface area (Å²) in [6.45, 7) is 5.78. The molecule has 1 aliphatic carbocycles. The Morgan fingerprint density at radius 1 is 1.40 bits per heavy atom. The van der Waals surface area contributed by atoms with Gasteiger partial charge < -0.3 is 4.74 Å². The van der Waals surface area contributed by atoms with E-state index in [1.807, 2.05) is 0 Å². The Morgan fingerprint density at radius 2 is 2.10 bits per heavy atom. The number of rotatable bonds is 1. The highest BCUT2D eigenvalue weighted by atomic mass is 16.6. The van der Waals surface area contributed by atoms with Gasteiger partial charge in [-0.3, -0.25) is 0 Å². The second kappa shape index (κ2) is 1.97. The van der Waals surface area contributed by atoms with Crippen molar-refractivity contribution in [1.82, 2.24) is 0 Å². The zero-order chi connectivity index (χ0) is 7.19. The maximum Gasteiger partial charge on any atom is 0.0838 e. The first-order valence-electron chi connectivity index (χ1n) is 4.29. The number of epoxide rings is 1. The molecule has 1 unspecified atom stereocenters. The molecule has 0 bridgehead atoms. The van der Waals surface area contributed by atoms with Gasteiger partial charge in [0, 0.05) is 0 Å². The summed E-state index contributed by atoms with van der Waals surface area (Å²) < 4.78 is 5.29. The number of hydrogen-bond donors (Lipinski definition) is 0. The third kappa shape index (κ3) is 1.20. The van der Waals surface area contributed by atoms with Crippen LogP contribution in [0.15, 0.2) is 0 Å². The maximum absolute atomic E-state index is 5.29. The van der Waals surface area contributed by atoms with Gasteiger partial charge in [-0.15, -0.1) is 0 Å². The van der Waals surface area contributed by atoms with Gasteiger partial charge in [0.25, 0.3) is 0 Å². The van der Waals surface area contributed by atoms with Crippen molar-refractivity contribution >= 4 is 0 Å². The van der Waals surface area contributed by atoms with Crippen molar-refractivity contribution in [2.75, 3.05) is 6.61 Å². The molecular weight excluding hydrogens is 124 g/mol. The normalized spacial score (nSPS) is 43.8. The molecule has 1 saturated heterocycles. The SMILES string of the molecule is CC1(C)CCC([C@H]2CO2)C1. The lowest BCUT2D eigenvalue weighted by Crippen LogP contribution is -2.08. The van der Waals surface area contributed by atoms with Crippen LogP contribution in [0.5, 0.6) is 0 Å². The van der Waals surface area contributed by atoms with Gasteiger partial charge in [-0.05, 0) is 30.6 Å². The molecule has 1 heteroatoms. The summed E-state index contributed by atoms with van der Waals surface area (Å²) in [4.78, 5) is 0. The Bertz CT molecular complexity index is 136. The van der Waals surface area contributed by atoms with Gasteiger partial charge in [-0.2, -0.15) is 0 Å². The van der Waals surface area contributed by atoms with E-state index in [0.29, 0.717) is 11.5 Å². The van der Waals surface area contributed by atoms with Crippen LogP contribution >= 0.6 is 0 Å². The molecule has 0 aromatic heterocycles. The minimum Gasteiger partial charge on any atom is -0.373 e. The van der Waals surface area contributed by atoms with E-state index < -0.39 is 0 Å². The summed E-state index contributed by atoms with van der Waals surface area (Å²) in [6, 6.07) is 0. The lowest BCUT2D eigenvalue weighted by Gasteiger charge is -2.15. The Hall–Kier alpha value is -0.0400. The van der Waals surface area contributed by atoms with E-state index >= 15 is 0 Å².